The Bertz CT molecular complexity index is 923. The summed E-state index contributed by atoms with van der Waals surface area (Å²) in [6, 6.07) is 4.67. The molecule has 4 rings (SSSR count). The minimum atomic E-state index is -4.39. The zero-order chi connectivity index (χ0) is 21.3. The highest BCUT2D eigenvalue weighted by Gasteiger charge is 2.32. The Morgan fingerprint density at radius 2 is 1.81 bits per heavy atom. The molecule has 1 atom stereocenters. The summed E-state index contributed by atoms with van der Waals surface area (Å²) in [5.74, 6) is 1.31. The summed E-state index contributed by atoms with van der Waals surface area (Å²) in [6.45, 7) is 3.28. The number of rotatable bonds is 4. The number of anilines is 3. The molecule has 0 spiro atoms. The maximum absolute atomic E-state index is 13.3. The summed E-state index contributed by atoms with van der Waals surface area (Å²) in [5, 5.41) is 6.39. The molecule has 1 aliphatic carbocycles. The van der Waals surface area contributed by atoms with Crippen LogP contribution in [-0.2, 0) is 19.0 Å². The summed E-state index contributed by atoms with van der Waals surface area (Å²) in [7, 11) is 1.98. The Hall–Kier alpha value is -1.77. The largest absolute Gasteiger partial charge is 0.416 e. The number of alkyl halides is 3. The van der Waals surface area contributed by atoms with Gasteiger partial charge in [-0.3, -0.25) is 0 Å². The standard InChI is InChI=1S/C22H28F3N5.2ClH/c1-14-9-10-15(12-18(14)22(23,24)25)27-21-28-19-8-4-3-7-17(19)20(29-21)30-11-5-6-16(13-30)26-2;;/h9-10,12,16,26H,3-8,11,13H2,1-2H3,(H,27,28,29);2*1H. The lowest BCUT2D eigenvalue weighted by atomic mass is 9.95. The Morgan fingerprint density at radius 3 is 2.53 bits per heavy atom. The first-order valence-electron chi connectivity index (χ1n) is 10.6. The number of aromatic nitrogens is 2. The van der Waals surface area contributed by atoms with Gasteiger partial charge in [0.2, 0.25) is 5.95 Å². The fraction of sp³-hybridized carbons (Fsp3) is 0.545. The maximum Gasteiger partial charge on any atom is 0.416 e. The monoisotopic (exact) mass is 491 g/mol. The number of hydrogen-bond acceptors (Lipinski definition) is 5. The number of fused-ring (bicyclic) bond motifs is 1. The molecule has 0 radical (unpaired) electrons. The van der Waals surface area contributed by atoms with Gasteiger partial charge in [0.25, 0.3) is 0 Å². The van der Waals surface area contributed by atoms with Crippen LogP contribution in [0.1, 0.15) is 48.1 Å². The molecule has 1 aromatic heterocycles. The number of aryl methyl sites for hydroxylation is 2. The first kappa shape index (κ1) is 26.5. The molecule has 0 bridgehead atoms. The van der Waals surface area contributed by atoms with Crippen LogP contribution in [0.2, 0.25) is 0 Å². The predicted octanol–water partition coefficient (Wildman–Crippen LogP) is 5.46. The van der Waals surface area contributed by atoms with E-state index < -0.39 is 11.7 Å². The lowest BCUT2D eigenvalue weighted by Gasteiger charge is -2.35. The van der Waals surface area contributed by atoms with Crippen molar-refractivity contribution >= 4 is 42.3 Å². The Labute approximate surface area is 199 Å². The van der Waals surface area contributed by atoms with Crippen LogP contribution in [0.15, 0.2) is 18.2 Å². The quantitative estimate of drug-likeness (QED) is 0.594. The van der Waals surface area contributed by atoms with Crippen LogP contribution in [0.5, 0.6) is 0 Å². The third-order valence-electron chi connectivity index (χ3n) is 6.09. The van der Waals surface area contributed by atoms with E-state index in [1.54, 1.807) is 6.07 Å². The zero-order valence-electron chi connectivity index (χ0n) is 18.3. The number of hydrogen-bond donors (Lipinski definition) is 2. The molecule has 1 aromatic carbocycles. The molecule has 1 fully saturated rings. The molecule has 0 saturated carbocycles. The van der Waals surface area contributed by atoms with Crippen molar-refractivity contribution in [2.45, 2.75) is 57.7 Å². The van der Waals surface area contributed by atoms with E-state index in [1.165, 1.54) is 18.6 Å². The predicted molar refractivity (Wildman–Crippen MR) is 127 cm³/mol. The first-order valence-corrected chi connectivity index (χ1v) is 10.6. The summed E-state index contributed by atoms with van der Waals surface area (Å²) in [4.78, 5) is 11.8. The van der Waals surface area contributed by atoms with Gasteiger partial charge in [-0.05, 0) is 70.2 Å². The number of halogens is 5. The van der Waals surface area contributed by atoms with Crippen molar-refractivity contribution in [2.24, 2.45) is 0 Å². The van der Waals surface area contributed by atoms with Crippen molar-refractivity contribution in [3.05, 3.63) is 40.6 Å². The molecule has 10 heteroatoms. The first-order chi connectivity index (χ1) is 14.3. The van der Waals surface area contributed by atoms with Gasteiger partial charge < -0.3 is 15.5 Å². The van der Waals surface area contributed by atoms with Crippen molar-refractivity contribution < 1.29 is 13.2 Å². The molecule has 1 aliphatic heterocycles. The summed E-state index contributed by atoms with van der Waals surface area (Å²) < 4.78 is 39.9. The second-order valence-corrected chi connectivity index (χ2v) is 8.23. The van der Waals surface area contributed by atoms with Crippen LogP contribution >= 0.6 is 24.8 Å². The van der Waals surface area contributed by atoms with Gasteiger partial charge in [0.05, 0.1) is 11.3 Å². The molecule has 1 unspecified atom stereocenters. The van der Waals surface area contributed by atoms with Gasteiger partial charge in [-0.2, -0.15) is 18.2 Å². The molecule has 32 heavy (non-hydrogen) atoms. The smallest absolute Gasteiger partial charge is 0.355 e. The Balaban J connectivity index is 0.00000181. The van der Waals surface area contributed by atoms with Crippen LogP contribution < -0.4 is 15.5 Å². The number of nitrogens with zero attached hydrogens (tertiary/aromatic N) is 3. The van der Waals surface area contributed by atoms with Gasteiger partial charge in [-0.1, -0.05) is 6.07 Å². The van der Waals surface area contributed by atoms with E-state index in [0.29, 0.717) is 17.7 Å². The van der Waals surface area contributed by atoms with E-state index in [4.69, 9.17) is 4.98 Å². The van der Waals surface area contributed by atoms with E-state index in [9.17, 15) is 13.2 Å². The van der Waals surface area contributed by atoms with Crippen molar-refractivity contribution in [1.29, 1.82) is 0 Å². The minimum Gasteiger partial charge on any atom is -0.355 e. The average molecular weight is 492 g/mol. The summed E-state index contributed by atoms with van der Waals surface area (Å²) in [6.07, 6.45) is 1.85. The van der Waals surface area contributed by atoms with Gasteiger partial charge in [-0.25, -0.2) is 4.98 Å². The lowest BCUT2D eigenvalue weighted by molar-refractivity contribution is -0.138. The van der Waals surface area contributed by atoms with Gasteiger partial charge in [0.1, 0.15) is 5.82 Å². The summed E-state index contributed by atoms with van der Waals surface area (Å²) >= 11 is 0. The lowest BCUT2D eigenvalue weighted by Crippen LogP contribution is -2.45. The summed E-state index contributed by atoms with van der Waals surface area (Å²) in [5.41, 5.74) is 2.12. The molecule has 2 N–H and O–H groups in total. The van der Waals surface area contributed by atoms with E-state index in [-0.39, 0.29) is 30.4 Å². The molecule has 2 aliphatic rings. The highest BCUT2D eigenvalue weighted by molar-refractivity contribution is 5.85. The van der Waals surface area contributed by atoms with E-state index >= 15 is 0 Å². The second kappa shape index (κ2) is 10.9. The van der Waals surface area contributed by atoms with E-state index in [0.717, 1.165) is 69.2 Å². The molecule has 5 nitrogen and oxygen atoms in total. The van der Waals surface area contributed by atoms with Gasteiger partial charge in [0.15, 0.2) is 0 Å². The average Bonchev–Trinajstić information content (AvgIpc) is 2.74. The number of piperidine rings is 1. The minimum absolute atomic E-state index is 0. The third-order valence-corrected chi connectivity index (χ3v) is 6.09. The zero-order valence-corrected chi connectivity index (χ0v) is 19.9. The van der Waals surface area contributed by atoms with Gasteiger partial charge in [-0.15, -0.1) is 24.8 Å². The Kier molecular flexibility index (Phi) is 9.02. The van der Waals surface area contributed by atoms with Gasteiger partial charge in [0, 0.05) is 30.4 Å². The molecule has 2 heterocycles. The van der Waals surface area contributed by atoms with Gasteiger partial charge >= 0.3 is 6.18 Å². The topological polar surface area (TPSA) is 53.1 Å². The third kappa shape index (κ3) is 5.77. The van der Waals surface area contributed by atoms with Crippen LogP contribution in [0.4, 0.5) is 30.6 Å². The molecule has 1 saturated heterocycles. The molecular formula is C22H30Cl2F3N5. The second-order valence-electron chi connectivity index (χ2n) is 8.23. The van der Waals surface area contributed by atoms with Crippen LogP contribution in [0.3, 0.4) is 0 Å². The van der Waals surface area contributed by atoms with Crippen molar-refractivity contribution in [2.75, 3.05) is 30.4 Å². The highest BCUT2D eigenvalue weighted by atomic mass is 35.5. The van der Waals surface area contributed by atoms with E-state index in [2.05, 4.69) is 20.5 Å². The molecule has 178 valence electrons. The number of benzene rings is 1. The van der Waals surface area contributed by atoms with Crippen molar-refractivity contribution in [3.63, 3.8) is 0 Å². The molecule has 0 amide bonds. The maximum atomic E-state index is 13.3. The van der Waals surface area contributed by atoms with Crippen LogP contribution in [0.25, 0.3) is 0 Å². The Morgan fingerprint density at radius 1 is 1.06 bits per heavy atom. The number of nitrogens with one attached hydrogen (secondary N) is 2. The fourth-order valence-corrected chi connectivity index (χ4v) is 4.43. The van der Waals surface area contributed by atoms with E-state index in [1.807, 2.05) is 7.05 Å². The van der Waals surface area contributed by atoms with Crippen molar-refractivity contribution in [1.82, 2.24) is 15.3 Å². The van der Waals surface area contributed by atoms with Crippen LogP contribution in [0, 0.1) is 6.92 Å². The van der Waals surface area contributed by atoms with Crippen molar-refractivity contribution in [3.8, 4) is 0 Å². The highest BCUT2D eigenvalue weighted by Crippen LogP contribution is 2.35. The fourth-order valence-electron chi connectivity index (χ4n) is 4.43. The normalized spacial score (nSPS) is 18.3. The number of likely N-dealkylation sites (N-methyl/N-ethyl adjacent to an activating group) is 1. The van der Waals surface area contributed by atoms with Crippen LogP contribution in [-0.4, -0.2) is 36.1 Å². The molecular weight excluding hydrogens is 462 g/mol. The SMILES string of the molecule is CNC1CCCN(c2nc(Nc3ccc(C)c(C(F)(F)F)c3)nc3c2CCCC3)C1.Cl.Cl. The molecule has 2 aromatic rings.